The Morgan fingerprint density at radius 3 is 2.45 bits per heavy atom. The fourth-order valence-corrected chi connectivity index (χ4v) is 2.28. The van der Waals surface area contributed by atoms with Crippen molar-refractivity contribution >= 4 is 21.7 Å². The maximum absolute atomic E-state index is 11.8. The molecule has 2 aromatic rings. The molecule has 0 aliphatic rings. The van der Waals surface area contributed by atoms with Crippen molar-refractivity contribution in [2.45, 2.75) is 11.4 Å². The van der Waals surface area contributed by atoms with Crippen molar-refractivity contribution in [3.63, 3.8) is 0 Å². The molecule has 0 bridgehead atoms. The van der Waals surface area contributed by atoms with Crippen LogP contribution in [0.3, 0.4) is 0 Å². The van der Waals surface area contributed by atoms with E-state index < -0.39 is 16.1 Å². The third-order valence-electron chi connectivity index (χ3n) is 2.84. The van der Waals surface area contributed by atoms with Crippen LogP contribution < -0.4 is 15.8 Å². The minimum absolute atomic E-state index is 0.0444. The van der Waals surface area contributed by atoms with E-state index in [0.717, 1.165) is 23.8 Å². The number of phenolic OH excluding ortho intramolecular Hbond substituents is 1. The molecule has 0 aliphatic carbocycles. The number of nitrogens with two attached hydrogens (primary N) is 1. The number of phenols is 1. The Kier molecular flexibility index (Phi) is 4.64. The van der Waals surface area contributed by atoms with Crippen molar-refractivity contribution in [1.29, 1.82) is 0 Å². The number of hydrogen-bond acceptors (Lipinski definition) is 4. The number of aromatic hydroxyl groups is 1. The molecular weight excluding hydrogens is 306 g/mol. The molecule has 0 aliphatic heterocycles. The largest absolute Gasteiger partial charge is 0.506 e. The zero-order valence-corrected chi connectivity index (χ0v) is 12.3. The average molecular weight is 321 g/mol. The van der Waals surface area contributed by atoms with Crippen LogP contribution in [0.15, 0.2) is 53.4 Å². The molecule has 116 valence electrons. The van der Waals surface area contributed by atoms with Gasteiger partial charge in [-0.2, -0.15) is 0 Å². The van der Waals surface area contributed by atoms with Gasteiger partial charge in [0.25, 0.3) is 0 Å². The summed E-state index contributed by atoms with van der Waals surface area (Å²) in [7, 11) is -3.92. The molecule has 0 aromatic heterocycles. The van der Waals surface area contributed by atoms with E-state index in [1.54, 1.807) is 0 Å². The van der Waals surface area contributed by atoms with Crippen LogP contribution in [0.25, 0.3) is 0 Å². The Labute approximate surface area is 127 Å². The van der Waals surface area contributed by atoms with Crippen LogP contribution in [0.1, 0.15) is 5.56 Å². The van der Waals surface area contributed by atoms with Crippen LogP contribution in [0.2, 0.25) is 0 Å². The molecule has 2 rings (SSSR count). The summed E-state index contributed by atoms with van der Waals surface area (Å²) in [6.07, 6.45) is 0. The average Bonchev–Trinajstić information content (AvgIpc) is 2.47. The van der Waals surface area contributed by atoms with Crippen molar-refractivity contribution in [3.05, 3.63) is 54.1 Å². The number of primary sulfonamides is 1. The molecule has 8 heteroatoms. The molecule has 0 radical (unpaired) electrons. The Bertz CT molecular complexity index is 776. The number of hydrogen-bond donors (Lipinski definition) is 4. The van der Waals surface area contributed by atoms with Gasteiger partial charge in [0.2, 0.25) is 10.0 Å². The lowest BCUT2D eigenvalue weighted by molar-refractivity contribution is 0.251. The summed E-state index contributed by atoms with van der Waals surface area (Å²) in [5, 5.41) is 19.6. The van der Waals surface area contributed by atoms with E-state index >= 15 is 0 Å². The summed E-state index contributed by atoms with van der Waals surface area (Å²) in [6, 6.07) is 12.0. The Balaban J connectivity index is 2.05. The number of benzene rings is 2. The van der Waals surface area contributed by atoms with E-state index in [1.165, 1.54) is 0 Å². The molecule has 0 unspecified atom stereocenters. The molecule has 2 amide bonds. The first-order chi connectivity index (χ1) is 10.4. The second-order valence-electron chi connectivity index (χ2n) is 4.52. The molecule has 0 heterocycles. The number of carbonyl (C=O) groups excluding carboxylic acids is 1. The highest BCUT2D eigenvalue weighted by molar-refractivity contribution is 7.89. The quantitative estimate of drug-likeness (QED) is 0.635. The van der Waals surface area contributed by atoms with E-state index in [1.807, 2.05) is 30.3 Å². The van der Waals surface area contributed by atoms with Gasteiger partial charge in [-0.25, -0.2) is 18.4 Å². The number of carbonyl (C=O) groups is 1. The Hall–Kier alpha value is -2.58. The number of rotatable bonds is 4. The van der Waals surface area contributed by atoms with Gasteiger partial charge in [0, 0.05) is 6.54 Å². The second kappa shape index (κ2) is 6.46. The summed E-state index contributed by atoms with van der Waals surface area (Å²) >= 11 is 0. The number of amides is 2. The maximum Gasteiger partial charge on any atom is 0.319 e. The first-order valence-corrected chi connectivity index (χ1v) is 7.85. The van der Waals surface area contributed by atoms with E-state index in [0.29, 0.717) is 6.54 Å². The molecule has 0 saturated carbocycles. The van der Waals surface area contributed by atoms with Crippen molar-refractivity contribution in [3.8, 4) is 5.75 Å². The minimum Gasteiger partial charge on any atom is -0.506 e. The third-order valence-corrected chi connectivity index (χ3v) is 3.75. The van der Waals surface area contributed by atoms with E-state index in [9.17, 15) is 18.3 Å². The van der Waals surface area contributed by atoms with Gasteiger partial charge in [-0.15, -0.1) is 0 Å². The monoisotopic (exact) mass is 321 g/mol. The van der Waals surface area contributed by atoms with Gasteiger partial charge in [-0.1, -0.05) is 30.3 Å². The number of anilines is 1. The molecular formula is C14H15N3O4S. The summed E-state index contributed by atoms with van der Waals surface area (Å²) in [5.41, 5.74) is 0.859. The summed E-state index contributed by atoms with van der Waals surface area (Å²) < 4.78 is 22.5. The molecule has 22 heavy (non-hydrogen) atoms. The predicted octanol–water partition coefficient (Wildman–Crippen LogP) is 1.36. The lowest BCUT2D eigenvalue weighted by Gasteiger charge is -2.10. The topological polar surface area (TPSA) is 122 Å². The van der Waals surface area contributed by atoms with Gasteiger partial charge in [0.05, 0.1) is 10.6 Å². The van der Waals surface area contributed by atoms with E-state index in [4.69, 9.17) is 5.14 Å². The van der Waals surface area contributed by atoms with Crippen LogP contribution in [0.4, 0.5) is 10.5 Å². The smallest absolute Gasteiger partial charge is 0.319 e. The van der Waals surface area contributed by atoms with Crippen molar-refractivity contribution < 1.29 is 18.3 Å². The number of urea groups is 1. The van der Waals surface area contributed by atoms with E-state index in [-0.39, 0.29) is 16.3 Å². The SMILES string of the molecule is NS(=O)(=O)c1ccc(O)c(NC(=O)NCc2ccccc2)c1. The van der Waals surface area contributed by atoms with Crippen LogP contribution in [0.5, 0.6) is 5.75 Å². The van der Waals surface area contributed by atoms with E-state index in [2.05, 4.69) is 10.6 Å². The first-order valence-electron chi connectivity index (χ1n) is 6.31. The van der Waals surface area contributed by atoms with Gasteiger partial charge in [-0.05, 0) is 23.8 Å². The third kappa shape index (κ3) is 4.21. The fourth-order valence-electron chi connectivity index (χ4n) is 1.74. The van der Waals surface area contributed by atoms with Crippen LogP contribution in [-0.2, 0) is 16.6 Å². The van der Waals surface area contributed by atoms with Gasteiger partial charge in [-0.3, -0.25) is 0 Å². The molecule has 0 saturated heterocycles. The number of nitrogens with one attached hydrogen (secondary N) is 2. The van der Waals surface area contributed by atoms with Crippen molar-refractivity contribution in [1.82, 2.24) is 5.32 Å². The lowest BCUT2D eigenvalue weighted by Crippen LogP contribution is -2.28. The lowest BCUT2D eigenvalue weighted by atomic mass is 10.2. The van der Waals surface area contributed by atoms with Gasteiger partial charge in [0.1, 0.15) is 5.75 Å². The highest BCUT2D eigenvalue weighted by atomic mass is 32.2. The zero-order chi connectivity index (χ0) is 16.2. The molecule has 2 aromatic carbocycles. The highest BCUT2D eigenvalue weighted by Crippen LogP contribution is 2.25. The standard InChI is InChI=1S/C14H15N3O4S/c15-22(20,21)11-6-7-13(18)12(8-11)17-14(19)16-9-10-4-2-1-3-5-10/h1-8,18H,9H2,(H2,15,20,21)(H2,16,17,19). The van der Waals surface area contributed by atoms with Gasteiger partial charge in [0.15, 0.2) is 0 Å². The maximum atomic E-state index is 11.8. The molecule has 7 nitrogen and oxygen atoms in total. The normalized spacial score (nSPS) is 11.0. The van der Waals surface area contributed by atoms with Crippen molar-refractivity contribution in [2.75, 3.05) is 5.32 Å². The van der Waals surface area contributed by atoms with Gasteiger partial charge < -0.3 is 15.7 Å². The zero-order valence-electron chi connectivity index (χ0n) is 11.5. The Morgan fingerprint density at radius 2 is 1.82 bits per heavy atom. The van der Waals surface area contributed by atoms with Crippen LogP contribution in [-0.4, -0.2) is 19.6 Å². The minimum atomic E-state index is -3.92. The molecule has 0 spiro atoms. The summed E-state index contributed by atoms with van der Waals surface area (Å²) in [4.78, 5) is 11.6. The van der Waals surface area contributed by atoms with Crippen LogP contribution in [0, 0.1) is 0 Å². The van der Waals surface area contributed by atoms with Crippen LogP contribution >= 0.6 is 0 Å². The highest BCUT2D eigenvalue weighted by Gasteiger charge is 2.13. The van der Waals surface area contributed by atoms with Crippen molar-refractivity contribution in [2.24, 2.45) is 5.14 Å². The predicted molar refractivity (Wildman–Crippen MR) is 81.8 cm³/mol. The first kappa shape index (κ1) is 15.8. The number of sulfonamides is 1. The molecule has 0 fully saturated rings. The summed E-state index contributed by atoms with van der Waals surface area (Å²) in [5.74, 6) is -0.262. The fraction of sp³-hybridized carbons (Fsp3) is 0.0714. The van der Waals surface area contributed by atoms with Gasteiger partial charge >= 0.3 is 6.03 Å². The summed E-state index contributed by atoms with van der Waals surface area (Å²) in [6.45, 7) is 0.294. The second-order valence-corrected chi connectivity index (χ2v) is 6.08. The molecule has 5 N–H and O–H groups in total. The molecule has 0 atom stereocenters. The Morgan fingerprint density at radius 1 is 1.14 bits per heavy atom.